The third-order valence-corrected chi connectivity index (χ3v) is 4.83. The fourth-order valence-electron chi connectivity index (χ4n) is 3.65. The van der Waals surface area contributed by atoms with Crippen LogP contribution in [0.5, 0.6) is 0 Å². The highest BCUT2D eigenvalue weighted by Crippen LogP contribution is 2.45. The first-order valence-corrected chi connectivity index (χ1v) is 8.26. The molecule has 4 N–H and O–H groups in total. The minimum Gasteiger partial charge on any atom is -0.366 e. The maximum atomic E-state index is 11.9. The van der Waals surface area contributed by atoms with Crippen LogP contribution < -0.4 is 5.73 Å². The Morgan fingerprint density at radius 2 is 2.04 bits per heavy atom. The van der Waals surface area contributed by atoms with Gasteiger partial charge in [-0.25, -0.2) is 4.98 Å². The lowest BCUT2D eigenvalue weighted by Crippen LogP contribution is -2.14. The van der Waals surface area contributed by atoms with Gasteiger partial charge in [-0.15, -0.1) is 0 Å². The smallest absolute Gasteiger partial charge is 0.249 e. The second-order valence-corrected chi connectivity index (χ2v) is 6.40. The van der Waals surface area contributed by atoms with Crippen LogP contribution in [-0.4, -0.2) is 26.1 Å². The van der Waals surface area contributed by atoms with E-state index in [0.29, 0.717) is 17.9 Å². The van der Waals surface area contributed by atoms with Gasteiger partial charge in [0, 0.05) is 23.7 Å². The zero-order valence-electron chi connectivity index (χ0n) is 13.7. The Hall–Kier alpha value is -3.38. The topological polar surface area (TPSA) is 95.2 Å². The van der Waals surface area contributed by atoms with Gasteiger partial charge in [-0.2, -0.15) is 0 Å². The molecule has 6 heteroatoms. The standard InChI is InChI=1S/C20H15N4O2/c21-19(25)13-5-6-14(18-12-4-2-1-3-11(12)9-15(13)18)20-22-16-7-8-24(26)10-17(16)23-20/h1-9,26H,10H2,(H2,21,25)(H,22,23). The molecule has 1 aromatic heterocycles. The average Bonchev–Trinajstić information content (AvgIpc) is 3.21. The number of rotatable bonds is 2. The van der Waals surface area contributed by atoms with Gasteiger partial charge in [-0.3, -0.25) is 15.1 Å². The summed E-state index contributed by atoms with van der Waals surface area (Å²) >= 11 is 0. The van der Waals surface area contributed by atoms with E-state index >= 15 is 0 Å². The molecular formula is C20H15N4O2. The molecule has 0 saturated carbocycles. The zero-order valence-corrected chi connectivity index (χ0v) is 13.7. The number of hydrogen-bond acceptors (Lipinski definition) is 4. The van der Waals surface area contributed by atoms with Gasteiger partial charge in [-0.1, -0.05) is 24.3 Å². The van der Waals surface area contributed by atoms with E-state index in [0.717, 1.165) is 44.3 Å². The molecule has 0 unspecified atom stereocenters. The number of carbonyl (C=O) groups is 1. The molecule has 2 aliphatic rings. The van der Waals surface area contributed by atoms with Crippen molar-refractivity contribution in [3.8, 4) is 22.5 Å². The van der Waals surface area contributed by atoms with E-state index < -0.39 is 5.91 Å². The first-order valence-electron chi connectivity index (χ1n) is 8.26. The van der Waals surface area contributed by atoms with E-state index in [4.69, 9.17) is 5.73 Å². The van der Waals surface area contributed by atoms with Crippen molar-refractivity contribution in [1.82, 2.24) is 15.0 Å². The summed E-state index contributed by atoms with van der Waals surface area (Å²) in [6.45, 7) is 0.326. The summed E-state index contributed by atoms with van der Waals surface area (Å²) in [5, 5.41) is 10.7. The molecule has 5 rings (SSSR count). The summed E-state index contributed by atoms with van der Waals surface area (Å²) in [4.78, 5) is 19.9. The lowest BCUT2D eigenvalue weighted by Gasteiger charge is -2.13. The number of primary amides is 1. The lowest BCUT2D eigenvalue weighted by molar-refractivity contribution is -0.0504. The summed E-state index contributed by atoms with van der Waals surface area (Å²) < 4.78 is 0. The van der Waals surface area contributed by atoms with Crippen molar-refractivity contribution in [2.24, 2.45) is 5.73 Å². The van der Waals surface area contributed by atoms with Crippen LogP contribution >= 0.6 is 0 Å². The highest BCUT2D eigenvalue weighted by atomic mass is 16.5. The number of aromatic nitrogens is 2. The highest BCUT2D eigenvalue weighted by Gasteiger charge is 2.28. The summed E-state index contributed by atoms with van der Waals surface area (Å²) in [5.41, 5.74) is 12.5. The molecule has 1 aliphatic carbocycles. The Kier molecular flexibility index (Phi) is 3.05. The third-order valence-electron chi connectivity index (χ3n) is 4.83. The van der Waals surface area contributed by atoms with Crippen LogP contribution in [0.2, 0.25) is 0 Å². The summed E-state index contributed by atoms with van der Waals surface area (Å²) in [7, 11) is 0. The van der Waals surface area contributed by atoms with Crippen LogP contribution in [0.15, 0.2) is 42.6 Å². The number of hydrogen-bond donors (Lipinski definition) is 3. The summed E-state index contributed by atoms with van der Waals surface area (Å²) in [6, 6.07) is 11.6. The number of amides is 1. The molecule has 1 radical (unpaired) electrons. The van der Waals surface area contributed by atoms with E-state index in [1.807, 2.05) is 36.8 Å². The number of fused-ring (bicyclic) bond motifs is 4. The van der Waals surface area contributed by atoms with Crippen molar-refractivity contribution in [3.63, 3.8) is 0 Å². The average molecular weight is 343 g/mol. The Bertz CT molecular complexity index is 1100. The Labute approximate surface area is 149 Å². The fraction of sp³-hybridized carbons (Fsp3) is 0.0500. The van der Waals surface area contributed by atoms with Crippen LogP contribution in [-0.2, 0) is 6.54 Å². The minimum atomic E-state index is -0.450. The molecule has 2 heterocycles. The monoisotopic (exact) mass is 343 g/mol. The van der Waals surface area contributed by atoms with Crippen LogP contribution in [0.3, 0.4) is 0 Å². The predicted octanol–water partition coefficient (Wildman–Crippen LogP) is 2.93. The second kappa shape index (κ2) is 5.31. The van der Waals surface area contributed by atoms with Crippen LogP contribution in [0.25, 0.3) is 28.6 Å². The molecule has 0 spiro atoms. The molecule has 0 bridgehead atoms. The molecule has 0 fully saturated rings. The van der Waals surface area contributed by atoms with Gasteiger partial charge in [0.2, 0.25) is 5.91 Å². The number of nitrogens with one attached hydrogen (secondary N) is 1. The Balaban J connectivity index is 1.74. The Morgan fingerprint density at radius 3 is 2.88 bits per heavy atom. The number of hydroxylamine groups is 2. The Morgan fingerprint density at radius 1 is 1.19 bits per heavy atom. The van der Waals surface area contributed by atoms with Crippen molar-refractivity contribution in [2.45, 2.75) is 6.54 Å². The first kappa shape index (κ1) is 14.9. The number of benzene rings is 2. The van der Waals surface area contributed by atoms with E-state index in [9.17, 15) is 10.0 Å². The molecule has 127 valence electrons. The number of nitrogens with zero attached hydrogens (tertiary/aromatic N) is 2. The molecular weight excluding hydrogens is 328 g/mol. The predicted molar refractivity (Wildman–Crippen MR) is 96.8 cm³/mol. The van der Waals surface area contributed by atoms with Gasteiger partial charge in [-0.05, 0) is 40.5 Å². The zero-order chi connectivity index (χ0) is 17.8. The van der Waals surface area contributed by atoms with Gasteiger partial charge in [0.05, 0.1) is 17.9 Å². The summed E-state index contributed by atoms with van der Waals surface area (Å²) in [6.07, 6.45) is 5.37. The van der Waals surface area contributed by atoms with Gasteiger partial charge in [0.25, 0.3) is 0 Å². The number of H-pyrrole nitrogens is 1. The fourth-order valence-corrected chi connectivity index (χ4v) is 3.65. The highest BCUT2D eigenvalue weighted by molar-refractivity contribution is 6.02. The third kappa shape index (κ3) is 2.09. The number of imidazole rings is 1. The maximum absolute atomic E-state index is 11.9. The van der Waals surface area contributed by atoms with E-state index in [2.05, 4.69) is 9.97 Å². The molecule has 1 amide bonds. The van der Waals surface area contributed by atoms with E-state index in [1.54, 1.807) is 18.3 Å². The van der Waals surface area contributed by atoms with Gasteiger partial charge >= 0.3 is 0 Å². The van der Waals surface area contributed by atoms with Crippen molar-refractivity contribution in [3.05, 3.63) is 77.1 Å². The maximum Gasteiger partial charge on any atom is 0.249 e. The van der Waals surface area contributed by atoms with E-state index in [-0.39, 0.29) is 0 Å². The van der Waals surface area contributed by atoms with Gasteiger partial charge in [0.15, 0.2) is 0 Å². The molecule has 3 aromatic rings. The van der Waals surface area contributed by atoms with Crippen molar-refractivity contribution < 1.29 is 10.0 Å². The van der Waals surface area contributed by atoms with Crippen LogP contribution in [0.4, 0.5) is 0 Å². The summed E-state index contributed by atoms with van der Waals surface area (Å²) in [5.74, 6) is 0.252. The number of aromatic amines is 1. The number of carbonyl (C=O) groups excluding carboxylic acids is 1. The van der Waals surface area contributed by atoms with Gasteiger partial charge in [0.1, 0.15) is 5.82 Å². The van der Waals surface area contributed by atoms with Crippen molar-refractivity contribution >= 4 is 12.0 Å². The second-order valence-electron chi connectivity index (χ2n) is 6.40. The van der Waals surface area contributed by atoms with Gasteiger partial charge < -0.3 is 10.7 Å². The molecule has 0 saturated heterocycles. The van der Waals surface area contributed by atoms with Crippen LogP contribution in [0.1, 0.15) is 32.9 Å². The molecule has 1 aliphatic heterocycles. The SMILES string of the molecule is NC(=O)c1ccc(-c2nc3c([nH]2)C=CN(O)C3)c2c1[CH]c1ccccc1-2. The number of nitrogens with two attached hydrogens (primary N) is 1. The normalized spacial score (nSPS) is 14.1. The quantitative estimate of drug-likeness (QED) is 0.521. The van der Waals surface area contributed by atoms with Crippen molar-refractivity contribution in [1.29, 1.82) is 0 Å². The molecule has 26 heavy (non-hydrogen) atoms. The molecule has 0 atom stereocenters. The minimum absolute atomic E-state index is 0.326. The largest absolute Gasteiger partial charge is 0.366 e. The van der Waals surface area contributed by atoms with E-state index in [1.165, 1.54) is 0 Å². The van der Waals surface area contributed by atoms with Crippen molar-refractivity contribution in [2.75, 3.05) is 0 Å². The van der Waals surface area contributed by atoms with Crippen LogP contribution in [0, 0.1) is 6.42 Å². The first-order chi connectivity index (χ1) is 12.6. The molecule has 2 aromatic carbocycles. The molecule has 6 nitrogen and oxygen atoms in total. The lowest BCUT2D eigenvalue weighted by atomic mass is 9.95.